The van der Waals surface area contributed by atoms with Crippen LogP contribution < -0.4 is 9.47 Å². The molecule has 0 fully saturated rings. The van der Waals surface area contributed by atoms with Crippen molar-refractivity contribution < 1.29 is 9.47 Å². The van der Waals surface area contributed by atoms with Crippen LogP contribution in [0.15, 0.2) is 53.6 Å². The van der Waals surface area contributed by atoms with Crippen LogP contribution in [-0.2, 0) is 6.42 Å². The van der Waals surface area contributed by atoms with Crippen LogP contribution in [0.4, 0.5) is 0 Å². The number of benzene rings is 3. The quantitative estimate of drug-likeness (QED) is 0.280. The SMILES string of the molecule is COc1ccc2c(c1)C=C1c3nc4sc5cc6ccc(OC)cc6cc5c4nc3SC1(C)C2. The first-order chi connectivity index (χ1) is 16.0. The highest BCUT2D eigenvalue weighted by atomic mass is 32.2. The third-order valence-electron chi connectivity index (χ3n) is 6.77. The molecule has 1 unspecified atom stereocenters. The summed E-state index contributed by atoms with van der Waals surface area (Å²) in [5, 5.41) is 4.55. The molecule has 1 aliphatic carbocycles. The van der Waals surface area contributed by atoms with Crippen LogP contribution in [0.3, 0.4) is 0 Å². The lowest BCUT2D eigenvalue weighted by Gasteiger charge is -2.30. The van der Waals surface area contributed by atoms with Crippen LogP contribution >= 0.6 is 23.1 Å². The molecule has 162 valence electrons. The molecule has 0 spiro atoms. The van der Waals surface area contributed by atoms with E-state index in [1.165, 1.54) is 26.8 Å². The topological polar surface area (TPSA) is 44.2 Å². The average molecular weight is 469 g/mol. The minimum atomic E-state index is -0.0523. The summed E-state index contributed by atoms with van der Waals surface area (Å²) in [6, 6.07) is 17.0. The largest absolute Gasteiger partial charge is 0.497 e. The molecule has 7 rings (SSSR count). The zero-order chi connectivity index (χ0) is 22.3. The highest BCUT2D eigenvalue weighted by Crippen LogP contribution is 2.56. The first-order valence-corrected chi connectivity index (χ1v) is 12.5. The maximum absolute atomic E-state index is 5.46. The molecule has 0 amide bonds. The Kier molecular flexibility index (Phi) is 3.94. The molecule has 0 saturated heterocycles. The van der Waals surface area contributed by atoms with Crippen LogP contribution in [0.2, 0.25) is 0 Å². The molecule has 1 atom stereocenters. The molecule has 4 nitrogen and oxygen atoms in total. The molecule has 5 aromatic rings. The van der Waals surface area contributed by atoms with Crippen molar-refractivity contribution >= 4 is 66.0 Å². The number of methoxy groups -OCH3 is 2. The molecule has 0 radical (unpaired) electrons. The molecule has 0 saturated carbocycles. The monoisotopic (exact) mass is 468 g/mol. The van der Waals surface area contributed by atoms with Gasteiger partial charge < -0.3 is 9.47 Å². The Labute approximate surface area is 199 Å². The number of aromatic nitrogens is 2. The number of hydrogen-bond acceptors (Lipinski definition) is 6. The average Bonchev–Trinajstić information content (AvgIpc) is 3.31. The van der Waals surface area contributed by atoms with Gasteiger partial charge >= 0.3 is 0 Å². The van der Waals surface area contributed by atoms with Gasteiger partial charge in [-0.2, -0.15) is 0 Å². The third kappa shape index (κ3) is 2.77. The van der Waals surface area contributed by atoms with Gasteiger partial charge in [0.05, 0.1) is 19.0 Å². The highest BCUT2D eigenvalue weighted by Gasteiger charge is 2.43. The Bertz CT molecular complexity index is 1670. The number of hydrogen-bond donors (Lipinski definition) is 0. The molecule has 1 aliphatic heterocycles. The van der Waals surface area contributed by atoms with Crippen LogP contribution in [0, 0.1) is 0 Å². The maximum Gasteiger partial charge on any atom is 0.143 e. The van der Waals surface area contributed by atoms with E-state index in [0.29, 0.717) is 0 Å². The van der Waals surface area contributed by atoms with Gasteiger partial charge in [0, 0.05) is 10.1 Å². The fourth-order valence-electron chi connectivity index (χ4n) is 5.04. The summed E-state index contributed by atoms with van der Waals surface area (Å²) in [6.45, 7) is 2.31. The number of nitrogens with zero attached hydrogens (tertiary/aromatic N) is 2. The van der Waals surface area contributed by atoms with Crippen molar-refractivity contribution in [1.29, 1.82) is 0 Å². The second-order valence-corrected chi connectivity index (χ2v) is 11.3. The molecule has 2 aliphatic rings. The Hall–Kier alpha value is -3.09. The number of fused-ring (bicyclic) bond motifs is 8. The fourth-order valence-corrected chi connectivity index (χ4v) is 7.40. The van der Waals surface area contributed by atoms with Gasteiger partial charge in [0.1, 0.15) is 32.6 Å². The molecule has 0 N–H and O–H groups in total. The molecular weight excluding hydrogens is 448 g/mol. The molecule has 2 aromatic heterocycles. The van der Waals surface area contributed by atoms with Crippen molar-refractivity contribution in [3.63, 3.8) is 0 Å². The van der Waals surface area contributed by atoms with Gasteiger partial charge in [-0.15, -0.1) is 11.3 Å². The summed E-state index contributed by atoms with van der Waals surface area (Å²) in [6.07, 6.45) is 3.24. The normalized spacial score (nSPS) is 18.8. The van der Waals surface area contributed by atoms with E-state index < -0.39 is 0 Å². The molecule has 0 bridgehead atoms. The predicted molar refractivity (Wildman–Crippen MR) is 138 cm³/mol. The lowest BCUT2D eigenvalue weighted by molar-refractivity contribution is 0.414. The van der Waals surface area contributed by atoms with E-state index in [1.54, 1.807) is 25.6 Å². The Balaban J connectivity index is 1.43. The molecule has 3 heterocycles. The molecule has 6 heteroatoms. The minimum Gasteiger partial charge on any atom is -0.497 e. The van der Waals surface area contributed by atoms with E-state index in [4.69, 9.17) is 19.4 Å². The Morgan fingerprint density at radius 3 is 2.58 bits per heavy atom. The first-order valence-electron chi connectivity index (χ1n) is 10.9. The summed E-state index contributed by atoms with van der Waals surface area (Å²) in [7, 11) is 3.42. The third-order valence-corrected chi connectivity index (χ3v) is 9.10. The van der Waals surface area contributed by atoms with Gasteiger partial charge in [-0.3, -0.25) is 0 Å². The fraction of sp³-hybridized carbons (Fsp3) is 0.185. The summed E-state index contributed by atoms with van der Waals surface area (Å²) in [5.74, 6) is 1.75. The lowest BCUT2D eigenvalue weighted by Crippen LogP contribution is -2.25. The van der Waals surface area contributed by atoms with E-state index >= 15 is 0 Å². The number of rotatable bonds is 2. The van der Waals surface area contributed by atoms with E-state index in [9.17, 15) is 0 Å². The van der Waals surface area contributed by atoms with Crippen LogP contribution in [0.1, 0.15) is 23.7 Å². The molecule has 3 aromatic carbocycles. The van der Waals surface area contributed by atoms with Crippen molar-refractivity contribution in [2.75, 3.05) is 14.2 Å². The zero-order valence-electron chi connectivity index (χ0n) is 18.4. The van der Waals surface area contributed by atoms with Crippen molar-refractivity contribution in [2.24, 2.45) is 0 Å². The number of thiophene rings is 1. The Morgan fingerprint density at radius 2 is 1.73 bits per heavy atom. The van der Waals surface area contributed by atoms with Crippen LogP contribution in [0.5, 0.6) is 11.5 Å². The van der Waals surface area contributed by atoms with Crippen molar-refractivity contribution in [2.45, 2.75) is 23.1 Å². The summed E-state index contributed by atoms with van der Waals surface area (Å²) >= 11 is 3.57. The summed E-state index contributed by atoms with van der Waals surface area (Å²) < 4.78 is 12.0. The minimum absolute atomic E-state index is 0.0523. The second-order valence-electron chi connectivity index (χ2n) is 8.83. The summed E-state index contributed by atoms with van der Waals surface area (Å²) in [4.78, 5) is 11.3. The molecule has 33 heavy (non-hydrogen) atoms. The van der Waals surface area contributed by atoms with Gasteiger partial charge in [0.2, 0.25) is 0 Å². The highest BCUT2D eigenvalue weighted by molar-refractivity contribution is 8.01. The smallest absolute Gasteiger partial charge is 0.143 e. The summed E-state index contributed by atoms with van der Waals surface area (Å²) in [5.41, 5.74) is 5.85. The van der Waals surface area contributed by atoms with E-state index in [-0.39, 0.29) is 4.75 Å². The van der Waals surface area contributed by atoms with E-state index in [0.717, 1.165) is 49.8 Å². The predicted octanol–water partition coefficient (Wildman–Crippen LogP) is 6.98. The van der Waals surface area contributed by atoms with E-state index in [1.807, 2.05) is 23.9 Å². The second kappa shape index (κ2) is 6.72. The van der Waals surface area contributed by atoms with E-state index in [2.05, 4.69) is 49.4 Å². The van der Waals surface area contributed by atoms with Gasteiger partial charge in [-0.05, 0) is 83.3 Å². The zero-order valence-corrected chi connectivity index (χ0v) is 20.1. The first kappa shape index (κ1) is 19.4. The van der Waals surface area contributed by atoms with Gasteiger partial charge in [-0.1, -0.05) is 23.9 Å². The van der Waals surface area contributed by atoms with Crippen molar-refractivity contribution in [1.82, 2.24) is 9.97 Å². The molecular formula is C27H20N2O2S2. The standard InChI is InChI=1S/C27H20N2O2S2/c1-27-13-15-5-7-19(31-3)9-17(15)11-21(27)24-26(33-27)28-23-20-10-16-8-18(30-2)6-4-14(16)12-22(20)32-25(23)29-24/h4-12H,13H2,1-3H3. The van der Waals surface area contributed by atoms with Crippen LogP contribution in [0.25, 0.3) is 42.9 Å². The van der Waals surface area contributed by atoms with Gasteiger partial charge in [0.15, 0.2) is 0 Å². The number of ether oxygens (including phenoxy) is 2. The Morgan fingerprint density at radius 1 is 0.909 bits per heavy atom. The van der Waals surface area contributed by atoms with Crippen molar-refractivity contribution in [3.8, 4) is 11.5 Å². The van der Waals surface area contributed by atoms with Gasteiger partial charge in [0.25, 0.3) is 0 Å². The maximum atomic E-state index is 5.46. The van der Waals surface area contributed by atoms with Crippen molar-refractivity contribution in [3.05, 3.63) is 65.4 Å². The lowest BCUT2D eigenvalue weighted by atomic mass is 9.82. The van der Waals surface area contributed by atoms with Crippen LogP contribution in [-0.4, -0.2) is 28.9 Å². The number of thioether (sulfide) groups is 1. The van der Waals surface area contributed by atoms with Gasteiger partial charge in [-0.25, -0.2) is 9.97 Å².